The molecule has 1 N–H and O–H groups in total. The normalized spacial score (nSPS) is 12.5. The quantitative estimate of drug-likeness (QED) is 0.811. The summed E-state index contributed by atoms with van der Waals surface area (Å²) in [7, 11) is 2.04. The van der Waals surface area contributed by atoms with E-state index in [1.165, 1.54) is 17.0 Å². The highest BCUT2D eigenvalue weighted by Crippen LogP contribution is 2.11. The highest BCUT2D eigenvalue weighted by Gasteiger charge is 2.13. The summed E-state index contributed by atoms with van der Waals surface area (Å²) < 4.78 is 2.02. The van der Waals surface area contributed by atoms with Gasteiger partial charge in [0.25, 0.3) is 0 Å². The first kappa shape index (κ1) is 15.7. The Kier molecular flexibility index (Phi) is 5.93. The monoisotopic (exact) mass is 286 g/mol. The summed E-state index contributed by atoms with van der Waals surface area (Å²) in [6.07, 6.45) is 7.90. The van der Waals surface area contributed by atoms with E-state index in [4.69, 9.17) is 0 Å². The van der Waals surface area contributed by atoms with Gasteiger partial charge in [-0.05, 0) is 49.6 Å². The van der Waals surface area contributed by atoms with Crippen LogP contribution in [0, 0.1) is 0 Å². The summed E-state index contributed by atoms with van der Waals surface area (Å²) in [6.45, 7) is 5.40. The molecule has 4 heteroatoms. The zero-order chi connectivity index (χ0) is 15.1. The van der Waals surface area contributed by atoms with E-state index in [0.717, 1.165) is 32.2 Å². The molecule has 2 rings (SSSR count). The molecule has 0 spiro atoms. The molecule has 2 aromatic heterocycles. The average molecular weight is 286 g/mol. The van der Waals surface area contributed by atoms with E-state index in [1.54, 1.807) is 0 Å². The molecular weight excluding hydrogens is 260 g/mol. The maximum absolute atomic E-state index is 4.55. The molecule has 0 saturated heterocycles. The van der Waals surface area contributed by atoms with Crippen LogP contribution < -0.4 is 5.32 Å². The minimum Gasteiger partial charge on any atom is -0.313 e. The Balaban J connectivity index is 2.06. The van der Waals surface area contributed by atoms with Crippen LogP contribution in [0.5, 0.6) is 0 Å². The van der Waals surface area contributed by atoms with Crippen molar-refractivity contribution in [2.24, 2.45) is 7.05 Å². The van der Waals surface area contributed by atoms with Gasteiger partial charge in [-0.3, -0.25) is 9.67 Å². The van der Waals surface area contributed by atoms with E-state index >= 15 is 0 Å². The minimum atomic E-state index is 0.437. The smallest absolute Gasteiger partial charge is 0.0624 e. The maximum atomic E-state index is 4.55. The van der Waals surface area contributed by atoms with Crippen molar-refractivity contribution in [2.75, 3.05) is 6.54 Å². The van der Waals surface area contributed by atoms with Crippen molar-refractivity contribution in [2.45, 2.75) is 45.6 Å². The third-order valence-electron chi connectivity index (χ3n) is 3.76. The third kappa shape index (κ3) is 4.67. The minimum absolute atomic E-state index is 0.437. The van der Waals surface area contributed by atoms with Crippen molar-refractivity contribution < 1.29 is 0 Å². The molecule has 0 aliphatic rings. The second kappa shape index (κ2) is 7.93. The molecule has 2 heterocycles. The number of pyridine rings is 1. The highest BCUT2D eigenvalue weighted by molar-refractivity contribution is 5.15. The van der Waals surface area contributed by atoms with Crippen LogP contribution in [-0.4, -0.2) is 27.4 Å². The summed E-state index contributed by atoms with van der Waals surface area (Å²) in [6, 6.07) is 6.86. The van der Waals surface area contributed by atoms with Gasteiger partial charge in [0.15, 0.2) is 0 Å². The second-order valence-electron chi connectivity index (χ2n) is 5.52. The van der Waals surface area contributed by atoms with E-state index in [2.05, 4.69) is 47.4 Å². The predicted octanol–water partition coefficient (Wildman–Crippen LogP) is 2.53. The molecule has 114 valence electrons. The molecular formula is C17H26N4. The number of aromatic nitrogens is 3. The first-order chi connectivity index (χ1) is 10.2. The van der Waals surface area contributed by atoms with E-state index in [0.29, 0.717) is 6.04 Å². The van der Waals surface area contributed by atoms with Crippen molar-refractivity contribution in [3.8, 4) is 0 Å². The Morgan fingerprint density at radius 3 is 2.57 bits per heavy atom. The van der Waals surface area contributed by atoms with Crippen LogP contribution >= 0.6 is 0 Å². The Hall–Kier alpha value is -1.68. The number of nitrogens with zero attached hydrogens (tertiary/aromatic N) is 3. The van der Waals surface area contributed by atoms with Gasteiger partial charge in [0.05, 0.1) is 5.69 Å². The Labute approximate surface area is 127 Å². The molecule has 2 aromatic rings. The Morgan fingerprint density at radius 1 is 1.19 bits per heavy atom. The van der Waals surface area contributed by atoms with Crippen molar-refractivity contribution in [1.29, 1.82) is 0 Å². The van der Waals surface area contributed by atoms with Gasteiger partial charge in [0.1, 0.15) is 0 Å². The molecule has 0 aliphatic carbocycles. The number of nitrogens with one attached hydrogen (secondary N) is 1. The van der Waals surface area contributed by atoms with Crippen molar-refractivity contribution in [3.05, 3.63) is 47.5 Å². The Morgan fingerprint density at radius 2 is 1.95 bits per heavy atom. The molecule has 21 heavy (non-hydrogen) atoms. The van der Waals surface area contributed by atoms with Gasteiger partial charge in [0.2, 0.25) is 0 Å². The fourth-order valence-electron chi connectivity index (χ4n) is 2.56. The fraction of sp³-hybridized carbons (Fsp3) is 0.529. The lowest BCUT2D eigenvalue weighted by Gasteiger charge is -2.18. The van der Waals surface area contributed by atoms with Crippen LogP contribution in [0.4, 0.5) is 0 Å². The summed E-state index contributed by atoms with van der Waals surface area (Å²) in [5, 5.41) is 8.21. The lowest BCUT2D eigenvalue weighted by Crippen LogP contribution is -2.34. The first-order valence-electron chi connectivity index (χ1n) is 7.87. The van der Waals surface area contributed by atoms with Gasteiger partial charge < -0.3 is 5.32 Å². The average Bonchev–Trinajstić information content (AvgIpc) is 2.86. The molecule has 0 bridgehead atoms. The van der Waals surface area contributed by atoms with Crippen molar-refractivity contribution in [1.82, 2.24) is 20.1 Å². The van der Waals surface area contributed by atoms with Gasteiger partial charge in [-0.1, -0.05) is 13.8 Å². The maximum Gasteiger partial charge on any atom is 0.0624 e. The van der Waals surface area contributed by atoms with Crippen LogP contribution in [-0.2, 0) is 26.3 Å². The van der Waals surface area contributed by atoms with E-state index in [9.17, 15) is 0 Å². The summed E-state index contributed by atoms with van der Waals surface area (Å²) in [5.74, 6) is 0. The molecule has 0 aromatic carbocycles. The first-order valence-corrected chi connectivity index (χ1v) is 7.87. The Bertz CT molecular complexity index is 533. The largest absolute Gasteiger partial charge is 0.313 e. The van der Waals surface area contributed by atoms with Gasteiger partial charge in [-0.15, -0.1) is 0 Å². The van der Waals surface area contributed by atoms with E-state index < -0.39 is 0 Å². The van der Waals surface area contributed by atoms with Gasteiger partial charge in [-0.25, -0.2) is 0 Å². The van der Waals surface area contributed by atoms with Gasteiger partial charge >= 0.3 is 0 Å². The summed E-state index contributed by atoms with van der Waals surface area (Å²) >= 11 is 0. The number of aryl methyl sites for hydroxylation is 2. The molecule has 4 nitrogen and oxygen atoms in total. The lowest BCUT2D eigenvalue weighted by molar-refractivity contribution is 0.490. The van der Waals surface area contributed by atoms with Gasteiger partial charge in [-0.2, -0.15) is 5.10 Å². The van der Waals surface area contributed by atoms with Crippen LogP contribution in [0.15, 0.2) is 30.6 Å². The zero-order valence-corrected chi connectivity index (χ0v) is 13.3. The molecule has 0 fully saturated rings. The number of rotatable bonds is 8. The van der Waals surface area contributed by atoms with Gasteiger partial charge in [0, 0.05) is 37.6 Å². The van der Waals surface area contributed by atoms with Crippen LogP contribution in [0.1, 0.15) is 37.2 Å². The molecule has 0 amide bonds. The molecule has 0 saturated carbocycles. The predicted molar refractivity (Wildman–Crippen MR) is 86.3 cm³/mol. The van der Waals surface area contributed by atoms with Crippen LogP contribution in [0.25, 0.3) is 0 Å². The third-order valence-corrected chi connectivity index (χ3v) is 3.76. The molecule has 1 unspecified atom stereocenters. The zero-order valence-electron chi connectivity index (χ0n) is 13.3. The van der Waals surface area contributed by atoms with Crippen LogP contribution in [0.3, 0.4) is 0 Å². The molecule has 0 aliphatic heterocycles. The van der Waals surface area contributed by atoms with Crippen LogP contribution in [0.2, 0.25) is 0 Å². The summed E-state index contributed by atoms with van der Waals surface area (Å²) in [5.41, 5.74) is 3.80. The van der Waals surface area contributed by atoms with E-state index in [-0.39, 0.29) is 0 Å². The van der Waals surface area contributed by atoms with Crippen molar-refractivity contribution in [3.63, 3.8) is 0 Å². The van der Waals surface area contributed by atoms with Crippen molar-refractivity contribution >= 4 is 0 Å². The second-order valence-corrected chi connectivity index (χ2v) is 5.52. The number of hydrogen-bond donors (Lipinski definition) is 1. The topological polar surface area (TPSA) is 42.7 Å². The lowest BCUT2D eigenvalue weighted by atomic mass is 10.0. The SMILES string of the molecule is CCCNC(Cc1ccncc1)Cc1cc(CC)nn1C. The molecule has 1 atom stereocenters. The standard InChI is InChI=1S/C17H26N4/c1-4-8-19-16(11-14-6-9-18-10-7-14)13-17-12-15(5-2)20-21(17)3/h6-7,9-10,12,16,19H,4-5,8,11,13H2,1-3H3. The van der Waals surface area contributed by atoms with E-state index in [1.807, 2.05) is 24.1 Å². The number of hydrogen-bond acceptors (Lipinski definition) is 3. The molecule has 0 radical (unpaired) electrons. The highest BCUT2D eigenvalue weighted by atomic mass is 15.3. The summed E-state index contributed by atoms with van der Waals surface area (Å²) in [4.78, 5) is 4.09. The fourth-order valence-corrected chi connectivity index (χ4v) is 2.56.